The molecule has 0 radical (unpaired) electrons. The van der Waals surface area contributed by atoms with Crippen LogP contribution in [0.4, 0.5) is 8.78 Å². The second-order valence-corrected chi connectivity index (χ2v) is 4.18. The summed E-state index contributed by atoms with van der Waals surface area (Å²) in [5, 5.41) is 5.71. The van der Waals surface area contributed by atoms with Crippen molar-refractivity contribution in [2.45, 2.75) is 25.4 Å². The molecule has 0 atom stereocenters. The predicted octanol–water partition coefficient (Wildman–Crippen LogP) is 1.33. The summed E-state index contributed by atoms with van der Waals surface area (Å²) in [5.41, 5.74) is 0.545. The Labute approximate surface area is 98.2 Å². The molecule has 0 spiro atoms. The van der Waals surface area contributed by atoms with Crippen LogP contribution in [-0.2, 0) is 11.3 Å². The lowest BCUT2D eigenvalue weighted by Crippen LogP contribution is -2.34. The van der Waals surface area contributed by atoms with Gasteiger partial charge in [0.2, 0.25) is 5.91 Å². The zero-order chi connectivity index (χ0) is 12.3. The molecule has 3 nitrogen and oxygen atoms in total. The summed E-state index contributed by atoms with van der Waals surface area (Å²) in [6, 6.07) is 4.07. The van der Waals surface area contributed by atoms with E-state index in [0.29, 0.717) is 11.6 Å². The predicted molar refractivity (Wildman–Crippen MR) is 59.2 cm³/mol. The Bertz CT molecular complexity index is 419. The van der Waals surface area contributed by atoms with Crippen molar-refractivity contribution in [1.82, 2.24) is 10.6 Å². The van der Waals surface area contributed by atoms with Crippen molar-refractivity contribution in [1.29, 1.82) is 0 Å². The minimum atomic E-state index is -0.896. The molecule has 1 fully saturated rings. The van der Waals surface area contributed by atoms with Crippen LogP contribution in [-0.4, -0.2) is 18.5 Å². The van der Waals surface area contributed by atoms with Crippen LogP contribution in [0, 0.1) is 11.6 Å². The first-order chi connectivity index (χ1) is 8.15. The number of rotatable bonds is 5. The molecule has 2 rings (SSSR count). The van der Waals surface area contributed by atoms with Crippen molar-refractivity contribution in [3.63, 3.8) is 0 Å². The number of carbonyl (C=O) groups is 1. The van der Waals surface area contributed by atoms with Crippen LogP contribution in [0.1, 0.15) is 18.4 Å². The van der Waals surface area contributed by atoms with Crippen molar-refractivity contribution in [3.05, 3.63) is 35.4 Å². The molecule has 0 saturated heterocycles. The largest absolute Gasteiger partial charge is 0.351 e. The van der Waals surface area contributed by atoms with E-state index >= 15 is 0 Å². The molecule has 1 aromatic carbocycles. The van der Waals surface area contributed by atoms with Crippen LogP contribution in [0.25, 0.3) is 0 Å². The normalized spacial score (nSPS) is 14.7. The molecule has 1 aliphatic carbocycles. The van der Waals surface area contributed by atoms with Gasteiger partial charge in [0.25, 0.3) is 0 Å². The van der Waals surface area contributed by atoms with Crippen LogP contribution < -0.4 is 10.6 Å². The summed E-state index contributed by atoms with van der Waals surface area (Å²) < 4.78 is 25.5. The molecule has 0 heterocycles. The second-order valence-electron chi connectivity index (χ2n) is 4.18. The van der Waals surface area contributed by atoms with Gasteiger partial charge in [-0.3, -0.25) is 4.79 Å². The van der Waals surface area contributed by atoms with Crippen LogP contribution in [0.2, 0.25) is 0 Å². The molecule has 0 aromatic heterocycles. The average Bonchev–Trinajstić information content (AvgIpc) is 3.12. The van der Waals surface area contributed by atoms with Crippen molar-refractivity contribution in [2.24, 2.45) is 0 Å². The van der Waals surface area contributed by atoms with Crippen molar-refractivity contribution in [2.75, 3.05) is 6.54 Å². The molecule has 1 aromatic rings. The SMILES string of the molecule is O=C(CNC1CC1)NCc1ccc(F)c(F)c1. The van der Waals surface area contributed by atoms with E-state index in [1.54, 1.807) is 0 Å². The highest BCUT2D eigenvalue weighted by Crippen LogP contribution is 2.17. The Balaban J connectivity index is 1.75. The summed E-state index contributed by atoms with van der Waals surface area (Å²) in [4.78, 5) is 11.4. The van der Waals surface area contributed by atoms with Crippen molar-refractivity contribution in [3.8, 4) is 0 Å². The first-order valence-electron chi connectivity index (χ1n) is 5.59. The fourth-order valence-electron chi connectivity index (χ4n) is 1.44. The lowest BCUT2D eigenvalue weighted by molar-refractivity contribution is -0.120. The molecule has 92 valence electrons. The summed E-state index contributed by atoms with van der Waals surface area (Å²) in [6.45, 7) is 0.483. The van der Waals surface area contributed by atoms with E-state index in [2.05, 4.69) is 10.6 Å². The number of hydrogen-bond acceptors (Lipinski definition) is 2. The van der Waals surface area contributed by atoms with E-state index in [-0.39, 0.29) is 19.0 Å². The van der Waals surface area contributed by atoms with Crippen molar-refractivity contribution < 1.29 is 13.6 Å². The Morgan fingerprint density at radius 1 is 1.29 bits per heavy atom. The number of nitrogens with one attached hydrogen (secondary N) is 2. The monoisotopic (exact) mass is 240 g/mol. The third-order valence-corrected chi connectivity index (χ3v) is 2.60. The third-order valence-electron chi connectivity index (χ3n) is 2.60. The summed E-state index contributed by atoms with van der Waals surface area (Å²) in [7, 11) is 0. The number of carbonyl (C=O) groups excluding carboxylic acids is 1. The first-order valence-corrected chi connectivity index (χ1v) is 5.59. The van der Waals surface area contributed by atoms with Gasteiger partial charge >= 0.3 is 0 Å². The molecule has 17 heavy (non-hydrogen) atoms. The van der Waals surface area contributed by atoms with Crippen molar-refractivity contribution >= 4 is 5.91 Å². The minimum Gasteiger partial charge on any atom is -0.351 e. The van der Waals surface area contributed by atoms with Gasteiger partial charge in [0.1, 0.15) is 0 Å². The Morgan fingerprint density at radius 2 is 2.06 bits per heavy atom. The maximum atomic E-state index is 12.9. The van der Waals surface area contributed by atoms with E-state index in [1.807, 2.05) is 0 Å². The van der Waals surface area contributed by atoms with E-state index in [9.17, 15) is 13.6 Å². The molecule has 1 saturated carbocycles. The standard InChI is InChI=1S/C12H14F2N2O/c13-10-4-1-8(5-11(10)14)6-16-12(17)7-15-9-2-3-9/h1,4-5,9,15H,2-3,6-7H2,(H,16,17). The molecule has 0 unspecified atom stereocenters. The van der Waals surface area contributed by atoms with E-state index in [1.165, 1.54) is 6.07 Å². The fraction of sp³-hybridized carbons (Fsp3) is 0.417. The van der Waals surface area contributed by atoms with Gasteiger partial charge in [-0.1, -0.05) is 6.07 Å². The van der Waals surface area contributed by atoms with Gasteiger partial charge in [-0.2, -0.15) is 0 Å². The van der Waals surface area contributed by atoms with E-state index in [0.717, 1.165) is 25.0 Å². The lowest BCUT2D eigenvalue weighted by atomic mass is 10.2. The highest BCUT2D eigenvalue weighted by molar-refractivity contribution is 5.78. The van der Waals surface area contributed by atoms with Gasteiger partial charge in [0, 0.05) is 12.6 Å². The maximum absolute atomic E-state index is 12.9. The average molecular weight is 240 g/mol. The number of benzene rings is 1. The summed E-state index contributed by atoms with van der Waals surface area (Å²) >= 11 is 0. The number of amides is 1. The van der Waals surface area contributed by atoms with Crippen LogP contribution in [0.3, 0.4) is 0 Å². The zero-order valence-electron chi connectivity index (χ0n) is 9.30. The molecule has 0 bridgehead atoms. The molecule has 0 aliphatic heterocycles. The fourth-order valence-corrected chi connectivity index (χ4v) is 1.44. The van der Waals surface area contributed by atoms with Gasteiger partial charge in [-0.05, 0) is 30.5 Å². The minimum absolute atomic E-state index is 0.137. The summed E-state index contributed by atoms with van der Waals surface area (Å²) in [6.07, 6.45) is 2.24. The highest BCUT2D eigenvalue weighted by Gasteiger charge is 2.20. The smallest absolute Gasteiger partial charge is 0.234 e. The van der Waals surface area contributed by atoms with E-state index in [4.69, 9.17) is 0 Å². The summed E-state index contributed by atoms with van der Waals surface area (Å²) in [5.74, 6) is -1.91. The second kappa shape index (κ2) is 5.23. The third kappa shape index (κ3) is 3.78. The Morgan fingerprint density at radius 3 is 2.71 bits per heavy atom. The Hall–Kier alpha value is -1.49. The highest BCUT2D eigenvalue weighted by atomic mass is 19.2. The topological polar surface area (TPSA) is 41.1 Å². The van der Waals surface area contributed by atoms with Gasteiger partial charge in [-0.15, -0.1) is 0 Å². The van der Waals surface area contributed by atoms with Gasteiger partial charge in [-0.25, -0.2) is 8.78 Å². The van der Waals surface area contributed by atoms with Crippen LogP contribution in [0.5, 0.6) is 0 Å². The van der Waals surface area contributed by atoms with E-state index < -0.39 is 11.6 Å². The lowest BCUT2D eigenvalue weighted by Gasteiger charge is -2.06. The molecule has 5 heteroatoms. The van der Waals surface area contributed by atoms with Crippen LogP contribution in [0.15, 0.2) is 18.2 Å². The first kappa shape index (κ1) is 12.0. The van der Waals surface area contributed by atoms with Gasteiger partial charge < -0.3 is 10.6 Å². The zero-order valence-corrected chi connectivity index (χ0v) is 9.30. The van der Waals surface area contributed by atoms with Gasteiger partial charge in [0.15, 0.2) is 11.6 Å². The quantitative estimate of drug-likeness (QED) is 0.815. The number of hydrogen-bond donors (Lipinski definition) is 2. The molecular formula is C12H14F2N2O. The number of halogens is 2. The molecule has 1 aliphatic rings. The van der Waals surface area contributed by atoms with Gasteiger partial charge in [0.05, 0.1) is 6.54 Å². The Kier molecular flexibility index (Phi) is 3.68. The molecule has 1 amide bonds. The molecule has 2 N–H and O–H groups in total. The molecular weight excluding hydrogens is 226 g/mol. The maximum Gasteiger partial charge on any atom is 0.234 e. The van der Waals surface area contributed by atoms with Crippen LogP contribution >= 0.6 is 0 Å².